The van der Waals surface area contributed by atoms with Crippen LogP contribution in [0, 0.1) is 5.92 Å². The van der Waals surface area contributed by atoms with Crippen LogP contribution in [0.1, 0.15) is 37.6 Å². The number of carbonyl (C=O) groups is 1. The minimum atomic E-state index is 0.0116. The number of carbonyl (C=O) groups excluding carboxylic acids is 1. The van der Waals surface area contributed by atoms with Gasteiger partial charge in [0.1, 0.15) is 0 Å². The molecule has 0 spiro atoms. The van der Waals surface area contributed by atoms with Gasteiger partial charge in [-0.1, -0.05) is 25.4 Å². The van der Waals surface area contributed by atoms with E-state index in [-0.39, 0.29) is 11.9 Å². The van der Waals surface area contributed by atoms with E-state index in [1.54, 1.807) is 23.1 Å². The third-order valence-corrected chi connectivity index (χ3v) is 4.19. The molecule has 0 saturated heterocycles. The zero-order valence-electron chi connectivity index (χ0n) is 11.2. The molecule has 0 fully saturated rings. The second kappa shape index (κ2) is 6.58. The minimum Gasteiger partial charge on any atom is -0.339 e. The predicted octanol–water partition coefficient (Wildman–Crippen LogP) is 4.61. The van der Waals surface area contributed by atoms with E-state index in [0.29, 0.717) is 16.5 Å². The van der Waals surface area contributed by atoms with Gasteiger partial charge in [0.25, 0.3) is 5.91 Å². The molecule has 1 amide bonds. The van der Waals surface area contributed by atoms with Crippen molar-refractivity contribution < 1.29 is 4.79 Å². The summed E-state index contributed by atoms with van der Waals surface area (Å²) in [5.74, 6) is 0.585. The molecule has 1 atom stereocenters. The Morgan fingerprint density at radius 3 is 2.50 bits per heavy atom. The molecule has 4 heteroatoms. The van der Waals surface area contributed by atoms with Gasteiger partial charge < -0.3 is 4.90 Å². The number of halogens is 2. The van der Waals surface area contributed by atoms with Crippen LogP contribution in [0.4, 0.5) is 0 Å². The molecule has 18 heavy (non-hydrogen) atoms. The summed E-state index contributed by atoms with van der Waals surface area (Å²) in [6.45, 7) is 6.38. The fourth-order valence-corrected chi connectivity index (χ4v) is 2.30. The summed E-state index contributed by atoms with van der Waals surface area (Å²) in [4.78, 5) is 14.1. The van der Waals surface area contributed by atoms with Gasteiger partial charge in [0.2, 0.25) is 0 Å². The SMILES string of the molecule is CC(C)CC(C)N(C)C(=O)c1ccc(Br)c(Cl)c1. The minimum absolute atomic E-state index is 0.0116. The quantitative estimate of drug-likeness (QED) is 0.788. The number of nitrogens with zero attached hydrogens (tertiary/aromatic N) is 1. The van der Waals surface area contributed by atoms with Gasteiger partial charge in [-0.3, -0.25) is 4.79 Å². The summed E-state index contributed by atoms with van der Waals surface area (Å²) in [6, 6.07) is 5.51. The first-order valence-electron chi connectivity index (χ1n) is 6.05. The van der Waals surface area contributed by atoms with Crippen LogP contribution in [0.3, 0.4) is 0 Å². The number of hydrogen-bond acceptors (Lipinski definition) is 1. The third-order valence-electron chi connectivity index (χ3n) is 2.96. The number of amides is 1. The molecule has 100 valence electrons. The van der Waals surface area contributed by atoms with Crippen LogP contribution in [0.15, 0.2) is 22.7 Å². The summed E-state index contributed by atoms with van der Waals surface area (Å²) in [5.41, 5.74) is 0.626. The molecule has 0 aromatic heterocycles. The van der Waals surface area contributed by atoms with Gasteiger partial charge in [-0.05, 0) is 53.4 Å². The topological polar surface area (TPSA) is 20.3 Å². The highest BCUT2D eigenvalue weighted by atomic mass is 79.9. The molecule has 1 rings (SSSR count). The third kappa shape index (κ3) is 3.99. The maximum atomic E-state index is 12.3. The van der Waals surface area contributed by atoms with E-state index >= 15 is 0 Å². The van der Waals surface area contributed by atoms with Crippen molar-refractivity contribution in [2.24, 2.45) is 5.92 Å². The zero-order chi connectivity index (χ0) is 13.9. The van der Waals surface area contributed by atoms with E-state index < -0.39 is 0 Å². The molecule has 0 radical (unpaired) electrons. The van der Waals surface area contributed by atoms with Crippen molar-refractivity contribution in [2.45, 2.75) is 33.2 Å². The van der Waals surface area contributed by atoms with E-state index in [0.717, 1.165) is 10.9 Å². The molecule has 1 aromatic rings. The van der Waals surface area contributed by atoms with Gasteiger partial charge in [-0.15, -0.1) is 0 Å². The van der Waals surface area contributed by atoms with E-state index in [2.05, 4.69) is 36.7 Å². The average Bonchev–Trinajstić information content (AvgIpc) is 2.30. The lowest BCUT2D eigenvalue weighted by Crippen LogP contribution is -2.35. The second-order valence-corrected chi connectivity index (χ2v) is 6.29. The first kappa shape index (κ1) is 15.5. The normalized spacial score (nSPS) is 12.6. The van der Waals surface area contributed by atoms with Crippen molar-refractivity contribution in [1.29, 1.82) is 0 Å². The molecule has 0 bridgehead atoms. The Labute approximate surface area is 122 Å². The van der Waals surface area contributed by atoms with E-state index in [1.807, 2.05) is 7.05 Å². The molecule has 0 saturated carbocycles. The second-order valence-electron chi connectivity index (χ2n) is 5.02. The van der Waals surface area contributed by atoms with Gasteiger partial charge in [0.05, 0.1) is 5.02 Å². The molecule has 0 aliphatic rings. The van der Waals surface area contributed by atoms with Gasteiger partial charge in [0, 0.05) is 23.1 Å². The monoisotopic (exact) mass is 331 g/mol. The zero-order valence-corrected chi connectivity index (χ0v) is 13.5. The first-order valence-corrected chi connectivity index (χ1v) is 7.22. The first-order chi connectivity index (χ1) is 8.32. The number of hydrogen-bond donors (Lipinski definition) is 0. The largest absolute Gasteiger partial charge is 0.339 e. The molecule has 1 aromatic carbocycles. The van der Waals surface area contributed by atoms with Crippen LogP contribution in [-0.4, -0.2) is 23.9 Å². The van der Waals surface area contributed by atoms with Gasteiger partial charge >= 0.3 is 0 Å². The molecule has 2 nitrogen and oxygen atoms in total. The van der Waals surface area contributed by atoms with Crippen molar-refractivity contribution >= 4 is 33.4 Å². The highest BCUT2D eigenvalue weighted by molar-refractivity contribution is 9.10. The molecular formula is C14H19BrClNO. The van der Waals surface area contributed by atoms with Crippen molar-refractivity contribution in [1.82, 2.24) is 4.90 Å². The summed E-state index contributed by atoms with van der Waals surface area (Å²) in [7, 11) is 1.84. The van der Waals surface area contributed by atoms with Gasteiger partial charge in [0.15, 0.2) is 0 Å². The van der Waals surface area contributed by atoms with Crippen molar-refractivity contribution in [3.63, 3.8) is 0 Å². The summed E-state index contributed by atoms with van der Waals surface area (Å²) < 4.78 is 0.804. The predicted molar refractivity (Wildman–Crippen MR) is 80.2 cm³/mol. The van der Waals surface area contributed by atoms with Crippen molar-refractivity contribution in [2.75, 3.05) is 7.05 Å². The molecule has 0 N–H and O–H groups in total. The maximum Gasteiger partial charge on any atom is 0.253 e. The van der Waals surface area contributed by atoms with Crippen molar-refractivity contribution in [3.8, 4) is 0 Å². The standard InChI is InChI=1S/C14H19BrClNO/c1-9(2)7-10(3)17(4)14(18)11-5-6-12(15)13(16)8-11/h5-6,8-10H,7H2,1-4H3. The highest BCUT2D eigenvalue weighted by Crippen LogP contribution is 2.24. The Bertz CT molecular complexity index is 434. The lowest BCUT2D eigenvalue weighted by molar-refractivity contribution is 0.0728. The molecule has 0 aliphatic heterocycles. The van der Waals surface area contributed by atoms with Crippen LogP contribution in [-0.2, 0) is 0 Å². The highest BCUT2D eigenvalue weighted by Gasteiger charge is 2.18. The van der Waals surface area contributed by atoms with Crippen LogP contribution in [0.2, 0.25) is 5.02 Å². The van der Waals surface area contributed by atoms with E-state index in [4.69, 9.17) is 11.6 Å². The van der Waals surface area contributed by atoms with Crippen LogP contribution < -0.4 is 0 Å². The summed E-state index contributed by atoms with van der Waals surface area (Å²) >= 11 is 9.33. The Morgan fingerprint density at radius 1 is 1.39 bits per heavy atom. The van der Waals surface area contributed by atoms with E-state index in [9.17, 15) is 4.79 Å². The van der Waals surface area contributed by atoms with E-state index in [1.165, 1.54) is 0 Å². The smallest absolute Gasteiger partial charge is 0.253 e. The lowest BCUT2D eigenvalue weighted by Gasteiger charge is -2.26. The fourth-order valence-electron chi connectivity index (χ4n) is 1.87. The summed E-state index contributed by atoms with van der Waals surface area (Å²) in [5, 5.41) is 0.561. The molecule has 0 heterocycles. The molecule has 1 unspecified atom stereocenters. The summed E-state index contributed by atoms with van der Waals surface area (Å²) in [6.07, 6.45) is 0.993. The Kier molecular flexibility index (Phi) is 5.67. The van der Waals surface area contributed by atoms with Crippen LogP contribution in [0.5, 0.6) is 0 Å². The molecular weight excluding hydrogens is 314 g/mol. The Hall–Kier alpha value is -0.540. The van der Waals surface area contributed by atoms with Crippen molar-refractivity contribution in [3.05, 3.63) is 33.3 Å². The molecule has 0 aliphatic carbocycles. The van der Waals surface area contributed by atoms with Crippen LogP contribution >= 0.6 is 27.5 Å². The average molecular weight is 333 g/mol. The lowest BCUT2D eigenvalue weighted by atomic mass is 10.0. The van der Waals surface area contributed by atoms with Gasteiger partial charge in [-0.2, -0.15) is 0 Å². The Balaban J connectivity index is 2.82. The van der Waals surface area contributed by atoms with Crippen LogP contribution in [0.25, 0.3) is 0 Å². The number of rotatable bonds is 4. The van der Waals surface area contributed by atoms with Gasteiger partial charge in [-0.25, -0.2) is 0 Å². The maximum absolute atomic E-state index is 12.3. The fraction of sp³-hybridized carbons (Fsp3) is 0.500. The Morgan fingerprint density at radius 2 is 2.00 bits per heavy atom. The number of benzene rings is 1.